The lowest BCUT2D eigenvalue weighted by molar-refractivity contribution is -0.138. The van der Waals surface area contributed by atoms with E-state index in [4.69, 9.17) is 9.84 Å². The Morgan fingerprint density at radius 2 is 2.40 bits per heavy atom. The van der Waals surface area contributed by atoms with Gasteiger partial charge in [0.05, 0.1) is 12.3 Å². The summed E-state index contributed by atoms with van der Waals surface area (Å²) in [6.45, 7) is 3.32. The summed E-state index contributed by atoms with van der Waals surface area (Å²) in [6.07, 6.45) is 1.52. The van der Waals surface area contributed by atoms with E-state index in [1.165, 1.54) is 0 Å². The highest BCUT2D eigenvalue weighted by Gasteiger charge is 2.32. The summed E-state index contributed by atoms with van der Waals surface area (Å²) in [5.74, 6) is -1.18. The van der Waals surface area contributed by atoms with Gasteiger partial charge in [-0.3, -0.25) is 4.79 Å². The zero-order valence-corrected chi connectivity index (χ0v) is 12.7. The number of carboxylic acids is 1. The number of methoxy groups -OCH3 is 1. The second-order valence-electron chi connectivity index (χ2n) is 4.98. The molecule has 1 aromatic heterocycles. The van der Waals surface area contributed by atoms with Crippen LogP contribution in [0.1, 0.15) is 22.9 Å². The minimum absolute atomic E-state index is 0.416. The molecule has 2 rings (SSSR count). The molecule has 20 heavy (non-hydrogen) atoms. The first-order valence-corrected chi connectivity index (χ1v) is 7.57. The van der Waals surface area contributed by atoms with Gasteiger partial charge in [-0.25, -0.2) is 4.98 Å². The van der Waals surface area contributed by atoms with E-state index in [0.717, 1.165) is 48.4 Å². The van der Waals surface area contributed by atoms with Crippen LogP contribution in [-0.2, 0) is 16.0 Å². The molecule has 1 aliphatic rings. The number of ether oxygens (including phenoxy) is 1. The lowest BCUT2D eigenvalue weighted by Gasteiger charge is -2.15. The fraction of sp³-hybridized carbons (Fsp3) is 0.692. The zero-order chi connectivity index (χ0) is 14.5. The van der Waals surface area contributed by atoms with Crippen molar-refractivity contribution in [3.05, 3.63) is 10.6 Å². The highest BCUT2D eigenvalue weighted by atomic mass is 32.1. The third-order valence-corrected chi connectivity index (χ3v) is 4.55. The van der Waals surface area contributed by atoms with Crippen molar-refractivity contribution in [2.75, 3.05) is 45.7 Å². The monoisotopic (exact) mass is 299 g/mol. The SMILES string of the molecule is COCCN(C)CCNc1nc2c(s1)CCC2C(=O)O. The first-order valence-electron chi connectivity index (χ1n) is 6.75. The molecule has 112 valence electrons. The van der Waals surface area contributed by atoms with Crippen molar-refractivity contribution in [1.29, 1.82) is 0 Å². The Morgan fingerprint density at radius 3 is 3.10 bits per heavy atom. The van der Waals surface area contributed by atoms with E-state index in [0.29, 0.717) is 6.42 Å². The number of nitrogens with one attached hydrogen (secondary N) is 1. The molecular formula is C13H21N3O3S. The number of carbonyl (C=O) groups is 1. The number of rotatable bonds is 8. The normalized spacial score (nSPS) is 17.4. The molecule has 1 heterocycles. The number of carboxylic acid groups (broad SMARTS) is 1. The molecule has 0 bridgehead atoms. The van der Waals surface area contributed by atoms with Crippen molar-refractivity contribution in [1.82, 2.24) is 9.88 Å². The van der Waals surface area contributed by atoms with Crippen molar-refractivity contribution >= 4 is 22.4 Å². The lowest BCUT2D eigenvalue weighted by atomic mass is 10.1. The number of aliphatic carboxylic acids is 1. The molecule has 0 fully saturated rings. The minimum Gasteiger partial charge on any atom is -0.481 e. The van der Waals surface area contributed by atoms with E-state index >= 15 is 0 Å². The standard InChI is InChI=1S/C13H21N3O3S/c1-16(7-8-19-2)6-5-14-13-15-11-9(12(17)18)3-4-10(11)20-13/h9H,3-8H2,1-2H3,(H,14,15)(H,17,18). The van der Waals surface area contributed by atoms with Crippen molar-refractivity contribution in [2.45, 2.75) is 18.8 Å². The third-order valence-electron chi connectivity index (χ3n) is 3.46. The Bertz CT molecular complexity index is 464. The second kappa shape index (κ2) is 7.01. The molecule has 1 atom stereocenters. The van der Waals surface area contributed by atoms with Gasteiger partial charge in [0.1, 0.15) is 5.92 Å². The number of aromatic nitrogens is 1. The first-order chi connectivity index (χ1) is 9.61. The van der Waals surface area contributed by atoms with Crippen LogP contribution in [-0.4, -0.2) is 61.4 Å². The maximum absolute atomic E-state index is 11.1. The van der Waals surface area contributed by atoms with E-state index in [1.807, 2.05) is 7.05 Å². The average Bonchev–Trinajstić information content (AvgIpc) is 2.95. The Balaban J connectivity index is 1.81. The predicted octanol–water partition coefficient (Wildman–Crippen LogP) is 1.25. The highest BCUT2D eigenvalue weighted by Crippen LogP contribution is 2.38. The van der Waals surface area contributed by atoms with Crippen LogP contribution in [0.3, 0.4) is 0 Å². The van der Waals surface area contributed by atoms with Crippen molar-refractivity contribution in [3.63, 3.8) is 0 Å². The van der Waals surface area contributed by atoms with Crippen molar-refractivity contribution in [3.8, 4) is 0 Å². The molecule has 1 aliphatic carbocycles. The predicted molar refractivity (Wildman–Crippen MR) is 78.7 cm³/mol. The molecule has 0 spiro atoms. The first kappa shape index (κ1) is 15.2. The number of likely N-dealkylation sites (N-methyl/N-ethyl adjacent to an activating group) is 1. The maximum atomic E-state index is 11.1. The molecular weight excluding hydrogens is 278 g/mol. The summed E-state index contributed by atoms with van der Waals surface area (Å²) in [7, 11) is 3.74. The van der Waals surface area contributed by atoms with E-state index in [9.17, 15) is 4.79 Å². The second-order valence-corrected chi connectivity index (χ2v) is 6.06. The minimum atomic E-state index is -0.764. The fourth-order valence-electron chi connectivity index (χ4n) is 2.26. The highest BCUT2D eigenvalue weighted by molar-refractivity contribution is 7.15. The quantitative estimate of drug-likeness (QED) is 0.752. The summed E-state index contributed by atoms with van der Waals surface area (Å²) >= 11 is 1.58. The zero-order valence-electron chi connectivity index (χ0n) is 11.9. The van der Waals surface area contributed by atoms with Gasteiger partial charge in [-0.2, -0.15) is 0 Å². The van der Waals surface area contributed by atoms with Gasteiger partial charge in [0, 0.05) is 31.6 Å². The van der Waals surface area contributed by atoms with Crippen LogP contribution >= 0.6 is 11.3 Å². The van der Waals surface area contributed by atoms with Gasteiger partial charge in [0.25, 0.3) is 0 Å². The Morgan fingerprint density at radius 1 is 1.60 bits per heavy atom. The summed E-state index contributed by atoms with van der Waals surface area (Å²) < 4.78 is 5.02. The molecule has 7 heteroatoms. The molecule has 0 aliphatic heterocycles. The number of anilines is 1. The molecule has 0 aromatic carbocycles. The Hall–Kier alpha value is -1.18. The van der Waals surface area contributed by atoms with Gasteiger partial charge in [0.15, 0.2) is 5.13 Å². The van der Waals surface area contributed by atoms with Gasteiger partial charge in [-0.05, 0) is 19.9 Å². The van der Waals surface area contributed by atoms with E-state index in [1.54, 1.807) is 18.4 Å². The topological polar surface area (TPSA) is 74.7 Å². The molecule has 0 saturated carbocycles. The number of aryl methyl sites for hydroxylation is 1. The van der Waals surface area contributed by atoms with Crippen LogP contribution < -0.4 is 5.32 Å². The molecule has 0 saturated heterocycles. The molecule has 2 N–H and O–H groups in total. The smallest absolute Gasteiger partial charge is 0.312 e. The van der Waals surface area contributed by atoms with Crippen LogP contribution in [0.15, 0.2) is 0 Å². The number of thiazole rings is 1. The summed E-state index contributed by atoms with van der Waals surface area (Å²) in [4.78, 5) is 18.8. The Labute approximate surface area is 122 Å². The van der Waals surface area contributed by atoms with Gasteiger partial charge < -0.3 is 20.1 Å². The van der Waals surface area contributed by atoms with Crippen LogP contribution in [0.5, 0.6) is 0 Å². The average molecular weight is 299 g/mol. The van der Waals surface area contributed by atoms with E-state index in [2.05, 4.69) is 15.2 Å². The number of hydrogen-bond acceptors (Lipinski definition) is 6. The molecule has 0 radical (unpaired) electrons. The Kier molecular flexibility index (Phi) is 5.33. The lowest BCUT2D eigenvalue weighted by Crippen LogP contribution is -2.28. The van der Waals surface area contributed by atoms with Crippen LogP contribution in [0.4, 0.5) is 5.13 Å². The molecule has 0 amide bonds. The van der Waals surface area contributed by atoms with Gasteiger partial charge in [0.2, 0.25) is 0 Å². The number of fused-ring (bicyclic) bond motifs is 1. The largest absolute Gasteiger partial charge is 0.481 e. The van der Waals surface area contributed by atoms with Crippen LogP contribution in [0.2, 0.25) is 0 Å². The molecule has 1 unspecified atom stereocenters. The van der Waals surface area contributed by atoms with Crippen LogP contribution in [0, 0.1) is 0 Å². The van der Waals surface area contributed by atoms with Gasteiger partial charge in [-0.1, -0.05) is 0 Å². The van der Waals surface area contributed by atoms with E-state index in [-0.39, 0.29) is 0 Å². The number of hydrogen-bond donors (Lipinski definition) is 2. The fourth-order valence-corrected chi connectivity index (χ4v) is 3.32. The summed E-state index contributed by atoms with van der Waals surface area (Å²) in [5, 5.41) is 13.2. The number of nitrogens with zero attached hydrogens (tertiary/aromatic N) is 2. The third kappa shape index (κ3) is 3.68. The summed E-state index contributed by atoms with van der Waals surface area (Å²) in [5.41, 5.74) is 0.762. The maximum Gasteiger partial charge on any atom is 0.312 e. The summed E-state index contributed by atoms with van der Waals surface area (Å²) in [6, 6.07) is 0. The van der Waals surface area contributed by atoms with E-state index < -0.39 is 11.9 Å². The van der Waals surface area contributed by atoms with Crippen molar-refractivity contribution in [2.24, 2.45) is 0 Å². The van der Waals surface area contributed by atoms with Crippen molar-refractivity contribution < 1.29 is 14.6 Å². The molecule has 6 nitrogen and oxygen atoms in total. The molecule has 1 aromatic rings. The van der Waals surface area contributed by atoms with Gasteiger partial charge >= 0.3 is 5.97 Å². The van der Waals surface area contributed by atoms with Gasteiger partial charge in [-0.15, -0.1) is 11.3 Å². The van der Waals surface area contributed by atoms with Crippen LogP contribution in [0.25, 0.3) is 0 Å².